The van der Waals surface area contributed by atoms with Gasteiger partial charge in [-0.2, -0.15) is 15.4 Å². The molecular formula is C21H27N5O2. The minimum absolute atomic E-state index is 0.0115. The predicted octanol–water partition coefficient (Wildman–Crippen LogP) is 2.74. The summed E-state index contributed by atoms with van der Waals surface area (Å²) in [7, 11) is 0. The maximum absolute atomic E-state index is 13.6. The van der Waals surface area contributed by atoms with Crippen molar-refractivity contribution in [1.82, 2.24) is 25.2 Å². The molecule has 7 nitrogen and oxygen atoms in total. The lowest BCUT2D eigenvalue weighted by molar-refractivity contribution is -0.145. The first-order valence-electron chi connectivity index (χ1n) is 10.6. The second kappa shape index (κ2) is 6.57. The van der Waals surface area contributed by atoms with Crippen LogP contribution < -0.4 is 0 Å². The molecule has 7 heteroatoms. The third kappa shape index (κ3) is 2.48. The Balaban J connectivity index is 1.45. The number of amides is 2. The molecule has 3 saturated heterocycles. The number of carbonyl (C=O) groups excluding carboxylic acids is 2. The number of nitrogens with zero attached hydrogens (tertiary/aromatic N) is 4. The van der Waals surface area contributed by atoms with Crippen LogP contribution in [0.4, 0.5) is 0 Å². The number of hydrogen-bond donors (Lipinski definition) is 1. The van der Waals surface area contributed by atoms with E-state index in [1.807, 2.05) is 17.0 Å². The van der Waals surface area contributed by atoms with Crippen LogP contribution in [0.25, 0.3) is 11.0 Å². The van der Waals surface area contributed by atoms with Crippen LogP contribution in [0.5, 0.6) is 0 Å². The van der Waals surface area contributed by atoms with Crippen molar-refractivity contribution in [3.63, 3.8) is 0 Å². The molecule has 3 fully saturated rings. The van der Waals surface area contributed by atoms with Crippen LogP contribution in [0.3, 0.4) is 0 Å². The molecule has 0 unspecified atom stereocenters. The molecule has 5 rings (SSSR count). The van der Waals surface area contributed by atoms with Gasteiger partial charge in [0.1, 0.15) is 11.0 Å². The first kappa shape index (κ1) is 17.6. The molecule has 1 N–H and O–H groups in total. The van der Waals surface area contributed by atoms with E-state index in [1.54, 1.807) is 6.07 Å². The van der Waals surface area contributed by atoms with E-state index in [0.29, 0.717) is 11.1 Å². The Morgan fingerprint density at radius 3 is 2.71 bits per heavy atom. The quantitative estimate of drug-likeness (QED) is 0.886. The fourth-order valence-electron chi connectivity index (χ4n) is 5.78. The zero-order valence-corrected chi connectivity index (χ0v) is 16.4. The zero-order chi connectivity index (χ0) is 19.3. The number of piperidine rings is 1. The number of aromatic nitrogens is 3. The van der Waals surface area contributed by atoms with Gasteiger partial charge in [-0.1, -0.05) is 6.92 Å². The number of fused-ring (bicyclic) bond motifs is 3. The van der Waals surface area contributed by atoms with E-state index in [0.717, 1.165) is 57.1 Å². The highest BCUT2D eigenvalue weighted by Gasteiger charge is 2.61. The second-order valence-electron chi connectivity index (χ2n) is 8.55. The van der Waals surface area contributed by atoms with Crippen LogP contribution in [0.2, 0.25) is 0 Å². The summed E-state index contributed by atoms with van der Waals surface area (Å²) in [5, 5.41) is 10.8. The summed E-state index contributed by atoms with van der Waals surface area (Å²) in [6.45, 7) is 3.86. The summed E-state index contributed by atoms with van der Waals surface area (Å²) in [4.78, 5) is 31.1. The Morgan fingerprint density at radius 2 is 1.93 bits per heavy atom. The van der Waals surface area contributed by atoms with Crippen LogP contribution in [0, 0.1) is 5.41 Å². The fraction of sp³-hybridized carbons (Fsp3) is 0.619. The minimum Gasteiger partial charge on any atom is -0.342 e. The SMILES string of the molecule is CC[C@]1(C(=O)N2CCCCC2)C[C@H]2CC[C@@H]1N2C(=O)c1ccc2n[nH]nc2c1. The number of benzene rings is 1. The third-order valence-electron chi connectivity index (χ3n) is 7.24. The smallest absolute Gasteiger partial charge is 0.254 e. The largest absolute Gasteiger partial charge is 0.342 e. The highest BCUT2D eigenvalue weighted by atomic mass is 16.2. The topological polar surface area (TPSA) is 82.2 Å². The van der Waals surface area contributed by atoms with Crippen LogP contribution in [-0.4, -0.2) is 62.2 Å². The third-order valence-corrected chi connectivity index (χ3v) is 7.24. The van der Waals surface area contributed by atoms with Gasteiger partial charge in [0.25, 0.3) is 5.91 Å². The Bertz CT molecular complexity index is 918. The predicted molar refractivity (Wildman–Crippen MR) is 105 cm³/mol. The standard InChI is InChI=1S/C21H27N5O2/c1-2-21(20(28)25-10-4-3-5-11-25)13-15-7-9-18(21)26(15)19(27)14-6-8-16-17(12-14)23-24-22-16/h6,8,12,15,18H,2-5,7,9-11,13H2,1H3,(H,22,23,24)/t15-,18+,21+/m1/s1. The molecular weight excluding hydrogens is 354 g/mol. The molecule has 1 aromatic carbocycles. The summed E-state index contributed by atoms with van der Waals surface area (Å²) in [6.07, 6.45) is 6.94. The van der Waals surface area contributed by atoms with Crippen molar-refractivity contribution in [2.45, 2.75) is 64.0 Å². The van der Waals surface area contributed by atoms with Crippen LogP contribution in [-0.2, 0) is 4.79 Å². The van der Waals surface area contributed by atoms with Gasteiger partial charge >= 0.3 is 0 Å². The monoisotopic (exact) mass is 381 g/mol. The van der Waals surface area contributed by atoms with Crippen molar-refractivity contribution >= 4 is 22.8 Å². The molecule has 3 aliphatic heterocycles. The van der Waals surface area contributed by atoms with Crippen LogP contribution >= 0.6 is 0 Å². The van der Waals surface area contributed by atoms with Gasteiger partial charge in [-0.05, 0) is 63.1 Å². The van der Waals surface area contributed by atoms with Gasteiger partial charge in [0.05, 0.1) is 5.41 Å². The Labute approximate surface area is 164 Å². The second-order valence-corrected chi connectivity index (χ2v) is 8.55. The van der Waals surface area contributed by atoms with Gasteiger partial charge in [-0.3, -0.25) is 9.59 Å². The molecule has 2 amide bonds. The molecule has 0 radical (unpaired) electrons. The lowest BCUT2D eigenvalue weighted by atomic mass is 9.70. The number of H-pyrrole nitrogens is 1. The number of aromatic amines is 1. The molecule has 0 saturated carbocycles. The maximum atomic E-state index is 13.6. The van der Waals surface area contributed by atoms with Gasteiger partial charge in [-0.25, -0.2) is 0 Å². The number of nitrogens with one attached hydrogen (secondary N) is 1. The zero-order valence-electron chi connectivity index (χ0n) is 16.4. The van der Waals surface area contributed by atoms with Crippen molar-refractivity contribution in [3.05, 3.63) is 23.8 Å². The van der Waals surface area contributed by atoms with E-state index in [2.05, 4.69) is 27.2 Å². The highest BCUT2D eigenvalue weighted by Crippen LogP contribution is 2.53. The van der Waals surface area contributed by atoms with E-state index in [4.69, 9.17) is 0 Å². The number of rotatable bonds is 3. The van der Waals surface area contributed by atoms with Gasteiger partial charge < -0.3 is 9.80 Å². The summed E-state index contributed by atoms with van der Waals surface area (Å²) in [5.74, 6) is 0.311. The summed E-state index contributed by atoms with van der Waals surface area (Å²) >= 11 is 0. The Hall–Kier alpha value is -2.44. The van der Waals surface area contributed by atoms with Gasteiger partial charge in [-0.15, -0.1) is 0 Å². The van der Waals surface area contributed by atoms with Gasteiger partial charge in [0.15, 0.2) is 0 Å². The molecule has 4 heterocycles. The Morgan fingerprint density at radius 1 is 1.14 bits per heavy atom. The lowest BCUT2D eigenvalue weighted by Gasteiger charge is -2.40. The van der Waals surface area contributed by atoms with E-state index in [1.165, 1.54) is 6.42 Å². The molecule has 0 aliphatic carbocycles. The normalized spacial score (nSPS) is 29.6. The van der Waals surface area contributed by atoms with Crippen LogP contribution in [0.1, 0.15) is 62.2 Å². The molecule has 1 aromatic heterocycles. The molecule has 3 atom stereocenters. The average Bonchev–Trinajstić information content (AvgIpc) is 3.46. The van der Waals surface area contributed by atoms with E-state index >= 15 is 0 Å². The number of hydrogen-bond acceptors (Lipinski definition) is 4. The van der Waals surface area contributed by atoms with Crippen molar-refractivity contribution < 1.29 is 9.59 Å². The Kier molecular flexibility index (Phi) is 4.14. The lowest BCUT2D eigenvalue weighted by Crippen LogP contribution is -2.52. The highest BCUT2D eigenvalue weighted by molar-refractivity contribution is 5.99. The average molecular weight is 381 g/mol. The molecule has 148 valence electrons. The summed E-state index contributed by atoms with van der Waals surface area (Å²) in [6, 6.07) is 5.64. The molecule has 2 bridgehead atoms. The van der Waals surface area contributed by atoms with E-state index < -0.39 is 5.41 Å². The van der Waals surface area contributed by atoms with Gasteiger partial charge in [0.2, 0.25) is 5.91 Å². The first-order chi connectivity index (χ1) is 13.6. The minimum atomic E-state index is -0.409. The number of likely N-dealkylation sites (tertiary alicyclic amines) is 1. The van der Waals surface area contributed by atoms with Crippen molar-refractivity contribution in [2.24, 2.45) is 5.41 Å². The molecule has 3 aliphatic rings. The number of carbonyl (C=O) groups is 2. The molecule has 2 aromatic rings. The van der Waals surface area contributed by atoms with E-state index in [9.17, 15) is 9.59 Å². The molecule has 28 heavy (non-hydrogen) atoms. The van der Waals surface area contributed by atoms with Crippen molar-refractivity contribution in [3.8, 4) is 0 Å². The molecule has 0 spiro atoms. The summed E-state index contributed by atoms with van der Waals surface area (Å²) < 4.78 is 0. The first-order valence-corrected chi connectivity index (χ1v) is 10.6. The van der Waals surface area contributed by atoms with E-state index in [-0.39, 0.29) is 23.9 Å². The summed E-state index contributed by atoms with van der Waals surface area (Å²) in [5.41, 5.74) is 1.68. The maximum Gasteiger partial charge on any atom is 0.254 e. The van der Waals surface area contributed by atoms with Gasteiger partial charge in [0, 0.05) is 30.7 Å². The van der Waals surface area contributed by atoms with Crippen LogP contribution in [0.15, 0.2) is 18.2 Å². The fourth-order valence-corrected chi connectivity index (χ4v) is 5.78. The van der Waals surface area contributed by atoms with Crippen molar-refractivity contribution in [2.75, 3.05) is 13.1 Å². The van der Waals surface area contributed by atoms with Crippen molar-refractivity contribution in [1.29, 1.82) is 0 Å².